The molecule has 5 nitrogen and oxygen atoms in total. The van der Waals surface area contributed by atoms with Gasteiger partial charge in [0, 0.05) is 25.3 Å². The van der Waals surface area contributed by atoms with Crippen molar-refractivity contribution >= 4 is 15.7 Å². The summed E-state index contributed by atoms with van der Waals surface area (Å²) >= 11 is 0. The number of carbonyl (C=O) groups excluding carboxylic acids is 1. The molecular formula is C16H23NO4S. The number of amides is 1. The zero-order chi connectivity index (χ0) is 15.7. The van der Waals surface area contributed by atoms with Crippen LogP contribution in [-0.2, 0) is 21.1 Å². The number of hydrogen-bond acceptors (Lipinski definition) is 4. The molecule has 0 radical (unpaired) electrons. The van der Waals surface area contributed by atoms with Crippen molar-refractivity contribution < 1.29 is 17.6 Å². The number of furan rings is 1. The van der Waals surface area contributed by atoms with Gasteiger partial charge in [-0.15, -0.1) is 0 Å². The van der Waals surface area contributed by atoms with Crippen molar-refractivity contribution in [2.45, 2.75) is 38.5 Å². The van der Waals surface area contributed by atoms with Crippen molar-refractivity contribution in [2.24, 2.45) is 11.8 Å². The van der Waals surface area contributed by atoms with Gasteiger partial charge in [-0.2, -0.15) is 0 Å². The third-order valence-electron chi connectivity index (χ3n) is 4.67. The van der Waals surface area contributed by atoms with Crippen molar-refractivity contribution in [1.29, 1.82) is 0 Å². The van der Waals surface area contributed by atoms with Crippen molar-refractivity contribution in [3.05, 3.63) is 23.7 Å². The molecule has 0 bridgehead atoms. The standard InChI is InChI=1S/C16H23NO4S/c1-11-8-14(11)15-4-2-13(21-15)3-5-16(18)17-9-12-6-7-22(19,20)10-12/h2,4,11-12,14H,3,5-10H2,1H3,(H,17,18)/t11-,12+,14+/m1/s1. The van der Waals surface area contributed by atoms with Gasteiger partial charge in [-0.1, -0.05) is 6.92 Å². The first-order chi connectivity index (χ1) is 10.4. The molecule has 1 aromatic rings. The molecule has 2 aliphatic rings. The van der Waals surface area contributed by atoms with E-state index in [9.17, 15) is 13.2 Å². The van der Waals surface area contributed by atoms with Crippen molar-refractivity contribution in [3.8, 4) is 0 Å². The average Bonchev–Trinajstić information content (AvgIpc) is 2.88. The Morgan fingerprint density at radius 3 is 2.82 bits per heavy atom. The number of hydrogen-bond donors (Lipinski definition) is 1. The lowest BCUT2D eigenvalue weighted by Crippen LogP contribution is -2.29. The lowest BCUT2D eigenvalue weighted by Gasteiger charge is -2.09. The van der Waals surface area contributed by atoms with Crippen molar-refractivity contribution in [1.82, 2.24) is 5.32 Å². The molecule has 122 valence electrons. The summed E-state index contributed by atoms with van der Waals surface area (Å²) in [6.45, 7) is 2.67. The maximum absolute atomic E-state index is 11.8. The highest BCUT2D eigenvalue weighted by atomic mass is 32.2. The molecular weight excluding hydrogens is 302 g/mol. The molecule has 1 saturated carbocycles. The highest BCUT2D eigenvalue weighted by Crippen LogP contribution is 2.47. The monoisotopic (exact) mass is 325 g/mol. The Morgan fingerprint density at radius 2 is 2.18 bits per heavy atom. The van der Waals surface area contributed by atoms with Crippen LogP contribution in [-0.4, -0.2) is 32.4 Å². The second-order valence-corrected chi connectivity index (χ2v) is 8.93. The molecule has 1 amide bonds. The normalized spacial score (nSPS) is 29.4. The molecule has 1 saturated heterocycles. The highest BCUT2D eigenvalue weighted by Gasteiger charge is 2.36. The molecule has 1 N–H and O–H groups in total. The number of nitrogens with one attached hydrogen (secondary N) is 1. The second kappa shape index (κ2) is 6.07. The Kier molecular flexibility index (Phi) is 4.30. The van der Waals surface area contributed by atoms with Gasteiger partial charge in [0.15, 0.2) is 9.84 Å². The highest BCUT2D eigenvalue weighted by molar-refractivity contribution is 7.91. The molecule has 0 unspecified atom stereocenters. The number of sulfone groups is 1. The van der Waals surface area contributed by atoms with E-state index in [1.54, 1.807) is 0 Å². The van der Waals surface area contributed by atoms with E-state index in [-0.39, 0.29) is 23.3 Å². The fourth-order valence-electron chi connectivity index (χ4n) is 3.06. The summed E-state index contributed by atoms with van der Waals surface area (Å²) in [5, 5.41) is 2.84. The summed E-state index contributed by atoms with van der Waals surface area (Å²) in [5.74, 6) is 3.66. The third-order valence-corrected chi connectivity index (χ3v) is 6.51. The van der Waals surface area contributed by atoms with Gasteiger partial charge >= 0.3 is 0 Å². The van der Waals surface area contributed by atoms with Crippen molar-refractivity contribution in [2.75, 3.05) is 18.1 Å². The molecule has 0 spiro atoms. The van der Waals surface area contributed by atoms with E-state index >= 15 is 0 Å². The zero-order valence-electron chi connectivity index (χ0n) is 12.9. The van der Waals surface area contributed by atoms with E-state index in [4.69, 9.17) is 4.42 Å². The molecule has 2 fully saturated rings. The fraction of sp³-hybridized carbons (Fsp3) is 0.688. The number of carbonyl (C=O) groups is 1. The predicted octanol–water partition coefficient (Wildman–Crippen LogP) is 1.89. The van der Waals surface area contributed by atoms with Crippen LogP contribution in [0, 0.1) is 11.8 Å². The minimum absolute atomic E-state index is 0.0398. The zero-order valence-corrected chi connectivity index (χ0v) is 13.7. The fourth-order valence-corrected chi connectivity index (χ4v) is 4.92. The molecule has 22 heavy (non-hydrogen) atoms. The van der Waals surface area contributed by atoms with Gasteiger partial charge in [0.25, 0.3) is 0 Å². The van der Waals surface area contributed by atoms with Crippen LogP contribution in [0.4, 0.5) is 0 Å². The van der Waals surface area contributed by atoms with E-state index in [0.717, 1.165) is 11.5 Å². The molecule has 6 heteroatoms. The van der Waals surface area contributed by atoms with Gasteiger partial charge in [-0.05, 0) is 36.8 Å². The number of aryl methyl sites for hydroxylation is 1. The van der Waals surface area contributed by atoms with E-state index < -0.39 is 9.84 Å². The molecule has 2 heterocycles. The van der Waals surface area contributed by atoms with Gasteiger partial charge < -0.3 is 9.73 Å². The van der Waals surface area contributed by atoms with Crippen LogP contribution < -0.4 is 5.32 Å². The predicted molar refractivity (Wildman–Crippen MR) is 83.3 cm³/mol. The Labute approximate surface area is 131 Å². The Hall–Kier alpha value is -1.30. The Balaban J connectivity index is 1.38. The van der Waals surface area contributed by atoms with Crippen molar-refractivity contribution in [3.63, 3.8) is 0 Å². The van der Waals surface area contributed by atoms with Crippen LogP contribution in [0.1, 0.15) is 43.6 Å². The minimum Gasteiger partial charge on any atom is -0.466 e. The Morgan fingerprint density at radius 1 is 1.41 bits per heavy atom. The van der Waals surface area contributed by atoms with E-state index in [1.807, 2.05) is 12.1 Å². The van der Waals surface area contributed by atoms with E-state index in [0.29, 0.717) is 37.6 Å². The van der Waals surface area contributed by atoms with Crippen LogP contribution in [0.2, 0.25) is 0 Å². The van der Waals surface area contributed by atoms with Gasteiger partial charge in [0.2, 0.25) is 5.91 Å². The largest absolute Gasteiger partial charge is 0.466 e. The van der Waals surface area contributed by atoms with Gasteiger partial charge in [0.1, 0.15) is 11.5 Å². The maximum atomic E-state index is 11.8. The summed E-state index contributed by atoms with van der Waals surface area (Å²) < 4.78 is 28.5. The Bertz CT molecular complexity index is 649. The topological polar surface area (TPSA) is 76.4 Å². The van der Waals surface area contributed by atoms with Crippen LogP contribution in [0.5, 0.6) is 0 Å². The molecule has 3 atom stereocenters. The van der Waals surface area contributed by atoms with Crippen LogP contribution in [0.15, 0.2) is 16.5 Å². The SMILES string of the molecule is C[C@@H]1C[C@@H]1c1ccc(CCC(=O)NC[C@@H]2CCS(=O)(=O)C2)o1. The first-order valence-corrected chi connectivity index (χ1v) is 9.81. The first-order valence-electron chi connectivity index (χ1n) is 7.99. The van der Waals surface area contributed by atoms with Gasteiger partial charge in [-0.25, -0.2) is 8.42 Å². The summed E-state index contributed by atoms with van der Waals surface area (Å²) in [4.78, 5) is 11.8. The maximum Gasteiger partial charge on any atom is 0.220 e. The minimum atomic E-state index is -2.87. The first kappa shape index (κ1) is 15.6. The molecule has 1 aromatic heterocycles. The summed E-state index contributed by atoms with van der Waals surface area (Å²) in [7, 11) is -2.87. The lowest BCUT2D eigenvalue weighted by atomic mass is 10.1. The lowest BCUT2D eigenvalue weighted by molar-refractivity contribution is -0.121. The van der Waals surface area contributed by atoms with E-state index in [2.05, 4.69) is 12.2 Å². The second-order valence-electron chi connectivity index (χ2n) is 6.70. The van der Waals surface area contributed by atoms with E-state index in [1.165, 1.54) is 6.42 Å². The number of rotatable bonds is 6. The summed E-state index contributed by atoms with van der Waals surface area (Å²) in [6, 6.07) is 3.97. The van der Waals surface area contributed by atoms with Gasteiger partial charge in [0.05, 0.1) is 11.5 Å². The smallest absolute Gasteiger partial charge is 0.220 e. The molecule has 1 aliphatic heterocycles. The van der Waals surface area contributed by atoms with Crippen LogP contribution >= 0.6 is 0 Å². The third kappa shape index (κ3) is 3.91. The molecule has 3 rings (SSSR count). The summed E-state index contributed by atoms with van der Waals surface area (Å²) in [5.41, 5.74) is 0. The average molecular weight is 325 g/mol. The van der Waals surface area contributed by atoms with Crippen LogP contribution in [0.25, 0.3) is 0 Å². The summed E-state index contributed by atoms with van der Waals surface area (Å²) in [6.07, 6.45) is 2.82. The quantitative estimate of drug-likeness (QED) is 0.866. The molecule has 1 aliphatic carbocycles. The molecule has 0 aromatic carbocycles. The van der Waals surface area contributed by atoms with Gasteiger partial charge in [-0.3, -0.25) is 4.79 Å². The van der Waals surface area contributed by atoms with Crippen LogP contribution in [0.3, 0.4) is 0 Å².